The summed E-state index contributed by atoms with van der Waals surface area (Å²) >= 11 is 1.79. The minimum Gasteiger partial charge on any atom is -0.351 e. The van der Waals surface area contributed by atoms with Crippen LogP contribution in [-0.4, -0.2) is 10.5 Å². The molecule has 0 saturated heterocycles. The molecule has 0 saturated carbocycles. The fraction of sp³-hybridized carbons (Fsp3) is 0.526. The fourth-order valence-corrected chi connectivity index (χ4v) is 5.31. The van der Waals surface area contributed by atoms with Gasteiger partial charge in [-0.1, -0.05) is 20.8 Å². The summed E-state index contributed by atoms with van der Waals surface area (Å²) in [5, 5.41) is 7.72. The normalized spacial score (nSPS) is 23.2. The van der Waals surface area contributed by atoms with E-state index in [4.69, 9.17) is 0 Å². The molecule has 128 valence electrons. The first-order chi connectivity index (χ1) is 11.3. The van der Waals surface area contributed by atoms with E-state index in [0.29, 0.717) is 11.3 Å². The lowest BCUT2D eigenvalue weighted by Gasteiger charge is -2.34. The van der Waals surface area contributed by atoms with Gasteiger partial charge in [0, 0.05) is 18.1 Å². The number of anilines is 1. The number of carbonyl (C=O) groups is 1. The SMILES string of the molecule is Cn1cccc1[C@H]1NC(=O)c2c(sc3c2CC[C@@H](C(C)(C)C)C3)N1. The summed E-state index contributed by atoms with van der Waals surface area (Å²) in [5.74, 6) is 0.762. The van der Waals surface area contributed by atoms with Crippen molar-refractivity contribution in [2.75, 3.05) is 5.32 Å². The van der Waals surface area contributed by atoms with Crippen molar-refractivity contribution in [3.63, 3.8) is 0 Å². The van der Waals surface area contributed by atoms with Crippen molar-refractivity contribution in [1.82, 2.24) is 9.88 Å². The largest absolute Gasteiger partial charge is 0.351 e. The summed E-state index contributed by atoms with van der Waals surface area (Å²) in [7, 11) is 2.01. The molecule has 1 amide bonds. The summed E-state index contributed by atoms with van der Waals surface area (Å²) in [4.78, 5) is 14.2. The standard InChI is InChI=1S/C19H25N3OS/c1-19(2,3)11-7-8-12-14(10-11)24-18-15(12)17(23)20-16(21-18)13-6-5-9-22(13)4/h5-6,9,11,16,21H,7-8,10H2,1-4H3,(H,20,23)/t11-,16+/m1/s1. The van der Waals surface area contributed by atoms with E-state index in [1.54, 1.807) is 11.3 Å². The molecule has 0 spiro atoms. The Morgan fingerprint density at radius 2 is 2.08 bits per heavy atom. The Morgan fingerprint density at radius 1 is 1.29 bits per heavy atom. The van der Waals surface area contributed by atoms with Gasteiger partial charge in [0.15, 0.2) is 0 Å². The number of nitrogens with zero attached hydrogens (tertiary/aromatic N) is 1. The molecule has 3 heterocycles. The number of amides is 1. The van der Waals surface area contributed by atoms with Crippen molar-refractivity contribution >= 4 is 22.2 Å². The highest BCUT2D eigenvalue weighted by atomic mass is 32.1. The van der Waals surface area contributed by atoms with E-state index < -0.39 is 0 Å². The first-order valence-electron chi connectivity index (χ1n) is 8.68. The zero-order valence-corrected chi connectivity index (χ0v) is 15.6. The maximum atomic E-state index is 12.8. The molecule has 0 bridgehead atoms. The van der Waals surface area contributed by atoms with Gasteiger partial charge in [0.1, 0.15) is 11.2 Å². The van der Waals surface area contributed by atoms with Crippen LogP contribution >= 0.6 is 11.3 Å². The van der Waals surface area contributed by atoms with Crippen molar-refractivity contribution in [1.29, 1.82) is 0 Å². The minimum atomic E-state index is -0.150. The number of thiophene rings is 1. The summed E-state index contributed by atoms with van der Waals surface area (Å²) in [5.41, 5.74) is 3.58. The fourth-order valence-electron chi connectivity index (χ4n) is 3.96. The van der Waals surface area contributed by atoms with E-state index in [0.717, 1.165) is 29.1 Å². The number of aryl methyl sites for hydroxylation is 1. The van der Waals surface area contributed by atoms with Crippen LogP contribution in [-0.2, 0) is 19.9 Å². The average Bonchev–Trinajstić information content (AvgIpc) is 3.08. The maximum Gasteiger partial charge on any atom is 0.256 e. The topological polar surface area (TPSA) is 46.1 Å². The number of carbonyl (C=O) groups excluding carboxylic acids is 1. The Morgan fingerprint density at radius 3 is 2.75 bits per heavy atom. The summed E-state index contributed by atoms with van der Waals surface area (Å²) in [6.07, 6.45) is 5.15. The van der Waals surface area contributed by atoms with Crippen LogP contribution in [0.3, 0.4) is 0 Å². The monoisotopic (exact) mass is 343 g/mol. The average molecular weight is 343 g/mol. The van der Waals surface area contributed by atoms with Crippen LogP contribution in [0.4, 0.5) is 5.00 Å². The second kappa shape index (κ2) is 5.38. The van der Waals surface area contributed by atoms with E-state index in [1.807, 2.05) is 29.9 Å². The number of nitrogens with one attached hydrogen (secondary N) is 2. The van der Waals surface area contributed by atoms with Crippen LogP contribution in [0.1, 0.15) is 59.9 Å². The van der Waals surface area contributed by atoms with Gasteiger partial charge in [0.05, 0.1) is 11.3 Å². The molecule has 4 nitrogen and oxygen atoms in total. The van der Waals surface area contributed by atoms with Gasteiger partial charge in [-0.3, -0.25) is 4.79 Å². The van der Waals surface area contributed by atoms with Gasteiger partial charge in [0.2, 0.25) is 0 Å². The van der Waals surface area contributed by atoms with Crippen LogP contribution < -0.4 is 10.6 Å². The number of hydrogen-bond acceptors (Lipinski definition) is 3. The Balaban J connectivity index is 1.67. The van der Waals surface area contributed by atoms with Crippen molar-refractivity contribution in [2.45, 2.75) is 46.2 Å². The smallest absolute Gasteiger partial charge is 0.256 e. The highest BCUT2D eigenvalue weighted by molar-refractivity contribution is 7.16. The second-order valence-corrected chi connectivity index (χ2v) is 9.21. The molecule has 1 aliphatic carbocycles. The lowest BCUT2D eigenvalue weighted by molar-refractivity contribution is 0.0933. The van der Waals surface area contributed by atoms with Crippen molar-refractivity contribution in [2.24, 2.45) is 18.4 Å². The molecule has 2 aliphatic rings. The third-order valence-electron chi connectivity index (χ3n) is 5.55. The first-order valence-corrected chi connectivity index (χ1v) is 9.49. The Labute approximate surface area is 147 Å². The van der Waals surface area contributed by atoms with E-state index >= 15 is 0 Å². The van der Waals surface area contributed by atoms with Crippen LogP contribution in [0, 0.1) is 11.3 Å². The molecule has 0 unspecified atom stereocenters. The van der Waals surface area contributed by atoms with Gasteiger partial charge in [0.25, 0.3) is 5.91 Å². The highest BCUT2D eigenvalue weighted by Crippen LogP contribution is 2.45. The quantitative estimate of drug-likeness (QED) is 0.819. The number of rotatable bonds is 1. The first kappa shape index (κ1) is 15.8. The molecule has 2 aromatic heterocycles. The number of aromatic nitrogens is 1. The Bertz CT molecular complexity index is 796. The predicted molar refractivity (Wildman–Crippen MR) is 98.5 cm³/mol. The molecule has 1 aliphatic heterocycles. The van der Waals surface area contributed by atoms with Gasteiger partial charge in [-0.05, 0) is 48.3 Å². The van der Waals surface area contributed by atoms with E-state index in [1.165, 1.54) is 16.9 Å². The molecule has 0 fully saturated rings. The van der Waals surface area contributed by atoms with Crippen molar-refractivity contribution in [3.05, 3.63) is 40.0 Å². The highest BCUT2D eigenvalue weighted by Gasteiger charge is 2.36. The molecular weight excluding hydrogens is 318 g/mol. The molecule has 2 aromatic rings. The lowest BCUT2D eigenvalue weighted by atomic mass is 9.72. The van der Waals surface area contributed by atoms with E-state index in [2.05, 4.69) is 31.4 Å². The third-order valence-corrected chi connectivity index (χ3v) is 6.73. The summed E-state index contributed by atoms with van der Waals surface area (Å²) in [6.45, 7) is 6.98. The zero-order valence-electron chi connectivity index (χ0n) is 14.8. The zero-order chi connectivity index (χ0) is 17.1. The molecule has 2 atom stereocenters. The molecule has 4 rings (SSSR count). The van der Waals surface area contributed by atoms with Crippen LogP contribution in [0.5, 0.6) is 0 Å². The molecular formula is C19H25N3OS. The van der Waals surface area contributed by atoms with Gasteiger partial charge >= 0.3 is 0 Å². The molecule has 24 heavy (non-hydrogen) atoms. The molecule has 0 aromatic carbocycles. The van der Waals surface area contributed by atoms with Crippen molar-refractivity contribution < 1.29 is 4.79 Å². The third kappa shape index (κ3) is 2.46. The van der Waals surface area contributed by atoms with E-state index in [9.17, 15) is 4.79 Å². The van der Waals surface area contributed by atoms with Gasteiger partial charge < -0.3 is 15.2 Å². The number of fused-ring (bicyclic) bond motifs is 3. The molecule has 2 N–H and O–H groups in total. The van der Waals surface area contributed by atoms with Crippen molar-refractivity contribution in [3.8, 4) is 0 Å². The molecule has 0 radical (unpaired) electrons. The van der Waals surface area contributed by atoms with Crippen LogP contribution in [0.2, 0.25) is 0 Å². The Hall–Kier alpha value is -1.75. The second-order valence-electron chi connectivity index (χ2n) is 8.11. The van der Waals surface area contributed by atoms with Crippen LogP contribution in [0.25, 0.3) is 0 Å². The number of hydrogen-bond donors (Lipinski definition) is 2. The minimum absolute atomic E-state index is 0.0710. The lowest BCUT2D eigenvalue weighted by Crippen LogP contribution is -2.39. The predicted octanol–water partition coefficient (Wildman–Crippen LogP) is 4.09. The van der Waals surface area contributed by atoms with Crippen LogP contribution in [0.15, 0.2) is 18.3 Å². The molecule has 5 heteroatoms. The summed E-state index contributed by atoms with van der Waals surface area (Å²) in [6, 6.07) is 4.05. The van der Waals surface area contributed by atoms with E-state index in [-0.39, 0.29) is 12.1 Å². The van der Waals surface area contributed by atoms with Gasteiger partial charge in [-0.15, -0.1) is 11.3 Å². The maximum absolute atomic E-state index is 12.8. The summed E-state index contributed by atoms with van der Waals surface area (Å²) < 4.78 is 2.05. The Kier molecular flexibility index (Phi) is 3.53. The van der Waals surface area contributed by atoms with Gasteiger partial charge in [-0.2, -0.15) is 0 Å². The van der Waals surface area contributed by atoms with Gasteiger partial charge in [-0.25, -0.2) is 0 Å².